The van der Waals surface area contributed by atoms with E-state index in [4.69, 9.17) is 68.0 Å². The summed E-state index contributed by atoms with van der Waals surface area (Å²) >= 11 is 18.0. The highest BCUT2D eigenvalue weighted by Gasteiger charge is 2.58. The number of amides is 1. The number of alkyl halides is 3. The SMILES string of the molecule is CCCCOc1cc(C(COC(C)=O)N2C(C=O)C3c4c(cc(C)c(OC)c4OCCCC)CC([C@@H]2C#N)N3C(=O)OCC(Cl)(Cl)Cl)c2c(c1C)OCO2. The fraction of sp³-hybridized carbons (Fsp3) is 0.579. The molecule has 0 aliphatic carbocycles. The van der Waals surface area contributed by atoms with Gasteiger partial charge >= 0.3 is 12.1 Å². The molecular weight excluding hydrogens is 765 g/mol. The summed E-state index contributed by atoms with van der Waals surface area (Å²) in [5, 5.41) is 11.1. The second kappa shape index (κ2) is 17.8. The monoisotopic (exact) mass is 809 g/mol. The summed E-state index contributed by atoms with van der Waals surface area (Å²) in [6, 6.07) is 0.667. The number of fused-ring (bicyclic) bond motifs is 5. The molecule has 0 aromatic heterocycles. The largest absolute Gasteiger partial charge is 0.493 e. The number of rotatable bonds is 15. The van der Waals surface area contributed by atoms with E-state index in [0.717, 1.165) is 36.8 Å². The number of ether oxygens (including phenoxy) is 7. The minimum Gasteiger partial charge on any atom is -0.493 e. The Morgan fingerprint density at radius 2 is 1.74 bits per heavy atom. The number of piperazine rings is 1. The first-order chi connectivity index (χ1) is 25.8. The predicted octanol–water partition coefficient (Wildman–Crippen LogP) is 7.25. The van der Waals surface area contributed by atoms with Gasteiger partial charge in [-0.2, -0.15) is 5.26 Å². The maximum Gasteiger partial charge on any atom is 0.410 e. The van der Waals surface area contributed by atoms with Gasteiger partial charge in [-0.1, -0.05) is 67.6 Å². The second-order valence-corrected chi connectivity index (χ2v) is 16.0. The van der Waals surface area contributed by atoms with Crippen molar-refractivity contribution in [2.45, 2.75) is 101 Å². The zero-order chi connectivity index (χ0) is 39.3. The molecule has 3 aliphatic rings. The van der Waals surface area contributed by atoms with Gasteiger partial charge in [0.25, 0.3) is 0 Å². The van der Waals surface area contributed by atoms with E-state index in [1.807, 2.05) is 26.8 Å². The van der Waals surface area contributed by atoms with Gasteiger partial charge in [0.1, 0.15) is 31.3 Å². The van der Waals surface area contributed by atoms with Crippen molar-refractivity contribution in [3.63, 3.8) is 0 Å². The van der Waals surface area contributed by atoms with Crippen molar-refractivity contribution < 1.29 is 47.5 Å². The molecule has 3 aliphatic heterocycles. The number of methoxy groups -OCH3 is 1. The number of carbonyl (C=O) groups excluding carboxylic acids is 3. The average Bonchev–Trinajstić information content (AvgIpc) is 3.62. The van der Waals surface area contributed by atoms with E-state index in [9.17, 15) is 19.6 Å². The van der Waals surface area contributed by atoms with Gasteiger partial charge in [0.2, 0.25) is 10.6 Å². The molecule has 1 fully saturated rings. The van der Waals surface area contributed by atoms with E-state index in [1.165, 1.54) is 18.9 Å². The standard InChI is InChI=1S/C38H46Cl3N3O10/c1-7-9-11-49-30-15-25(35-34(22(30)4)53-20-54-35)29(18-51-23(5)46)43-27(16-42)26-14-24-13-21(3)33(48-6)36(50-12-10-8-2)31(24)32(28(43)17-45)44(26)37(47)52-19-38(39,40)41/h13,15,17,26-29,32H,7-12,14,18-20H2,1-6H3/t26?,27-,28?,29?,32?/m0/s1. The maximum absolute atomic E-state index is 14.2. The van der Waals surface area contributed by atoms with Crippen LogP contribution in [0.4, 0.5) is 4.79 Å². The summed E-state index contributed by atoms with van der Waals surface area (Å²) in [5.41, 5.74) is 3.23. The van der Waals surface area contributed by atoms with Crippen LogP contribution in [0.2, 0.25) is 0 Å². The van der Waals surface area contributed by atoms with Gasteiger partial charge in [-0.05, 0) is 50.3 Å². The van der Waals surface area contributed by atoms with Gasteiger partial charge in [0, 0.05) is 23.6 Å². The Bertz CT molecular complexity index is 1760. The van der Waals surface area contributed by atoms with Gasteiger partial charge in [-0.15, -0.1) is 0 Å². The first-order valence-electron chi connectivity index (χ1n) is 18.0. The molecule has 2 bridgehead atoms. The molecule has 5 rings (SSSR count). The Kier molecular flexibility index (Phi) is 13.6. The third-order valence-corrected chi connectivity index (χ3v) is 10.2. The Hall–Kier alpha value is -3.83. The lowest BCUT2D eigenvalue weighted by Crippen LogP contribution is -2.69. The number of nitriles is 1. The van der Waals surface area contributed by atoms with Crippen molar-refractivity contribution in [3.8, 4) is 34.8 Å². The normalized spacial score (nSPS) is 20.7. The van der Waals surface area contributed by atoms with Gasteiger partial charge in [-0.25, -0.2) is 4.79 Å². The van der Waals surface area contributed by atoms with Crippen LogP contribution in [0.5, 0.6) is 28.7 Å². The third kappa shape index (κ3) is 8.37. The van der Waals surface area contributed by atoms with Gasteiger partial charge in [0.15, 0.2) is 23.0 Å². The summed E-state index contributed by atoms with van der Waals surface area (Å²) in [6.07, 6.45) is 3.20. The maximum atomic E-state index is 14.2. The molecule has 13 nitrogen and oxygen atoms in total. The number of carbonyl (C=O) groups is 3. The molecule has 16 heteroatoms. The van der Waals surface area contributed by atoms with Crippen molar-refractivity contribution in [2.24, 2.45) is 0 Å². The molecule has 0 N–H and O–H groups in total. The zero-order valence-corrected chi connectivity index (χ0v) is 33.5. The summed E-state index contributed by atoms with van der Waals surface area (Å²) < 4.78 is 39.7. The van der Waals surface area contributed by atoms with Crippen LogP contribution in [0.3, 0.4) is 0 Å². The number of aldehydes is 1. The number of aryl methyl sites for hydroxylation is 1. The molecule has 1 amide bonds. The number of esters is 1. The highest BCUT2D eigenvalue weighted by Crippen LogP contribution is 2.54. The zero-order valence-electron chi connectivity index (χ0n) is 31.2. The second-order valence-electron chi connectivity index (χ2n) is 13.4. The van der Waals surface area contributed by atoms with Crippen LogP contribution in [-0.2, 0) is 25.5 Å². The topological polar surface area (TPSA) is 146 Å². The highest BCUT2D eigenvalue weighted by molar-refractivity contribution is 6.67. The number of benzene rings is 2. The number of hydrogen-bond donors (Lipinski definition) is 0. The van der Waals surface area contributed by atoms with E-state index in [2.05, 4.69) is 13.0 Å². The molecule has 54 heavy (non-hydrogen) atoms. The summed E-state index contributed by atoms with van der Waals surface area (Å²) in [5.74, 6) is 1.53. The third-order valence-electron chi connectivity index (χ3n) is 9.86. The molecule has 5 atom stereocenters. The first-order valence-corrected chi connectivity index (χ1v) is 19.1. The molecule has 0 saturated carbocycles. The lowest BCUT2D eigenvalue weighted by atomic mass is 9.76. The van der Waals surface area contributed by atoms with Crippen molar-refractivity contribution in [1.82, 2.24) is 9.80 Å². The number of hydrogen-bond acceptors (Lipinski definition) is 12. The molecule has 2 aromatic rings. The molecule has 294 valence electrons. The van der Waals surface area contributed by atoms with Crippen LogP contribution in [0, 0.1) is 25.2 Å². The minimum absolute atomic E-state index is 0.0836. The minimum atomic E-state index is -1.93. The summed E-state index contributed by atoms with van der Waals surface area (Å²) in [7, 11) is 1.52. The molecule has 3 heterocycles. The molecular formula is C38H46Cl3N3O10. The molecule has 0 radical (unpaired) electrons. The van der Waals surface area contributed by atoms with Gasteiger partial charge in [0.05, 0.1) is 50.6 Å². The quantitative estimate of drug-likeness (QED) is 0.0773. The first kappa shape index (κ1) is 41.3. The lowest BCUT2D eigenvalue weighted by Gasteiger charge is -2.56. The van der Waals surface area contributed by atoms with Crippen LogP contribution < -0.4 is 23.7 Å². The number of halogens is 3. The van der Waals surface area contributed by atoms with Gasteiger partial charge in [-0.3, -0.25) is 14.6 Å². The lowest BCUT2D eigenvalue weighted by molar-refractivity contribution is -0.146. The van der Waals surface area contributed by atoms with E-state index in [1.54, 1.807) is 11.0 Å². The predicted molar refractivity (Wildman–Crippen MR) is 200 cm³/mol. The van der Waals surface area contributed by atoms with Crippen molar-refractivity contribution in [3.05, 3.63) is 39.9 Å². The van der Waals surface area contributed by atoms with Crippen LogP contribution in [-0.4, -0.2) is 90.4 Å². The smallest absolute Gasteiger partial charge is 0.410 e. The number of nitrogens with zero attached hydrogens (tertiary/aromatic N) is 3. The van der Waals surface area contributed by atoms with Crippen LogP contribution in [0.25, 0.3) is 0 Å². The van der Waals surface area contributed by atoms with Crippen molar-refractivity contribution in [1.29, 1.82) is 5.26 Å². The van der Waals surface area contributed by atoms with E-state index < -0.39 is 52.7 Å². The van der Waals surface area contributed by atoms with Gasteiger partial charge < -0.3 is 38.0 Å². The van der Waals surface area contributed by atoms with Crippen LogP contribution >= 0.6 is 34.8 Å². The average molecular weight is 811 g/mol. The Balaban J connectivity index is 1.77. The highest BCUT2D eigenvalue weighted by atomic mass is 35.6. The van der Waals surface area contributed by atoms with E-state index >= 15 is 0 Å². The van der Waals surface area contributed by atoms with Crippen molar-refractivity contribution in [2.75, 3.05) is 40.3 Å². The van der Waals surface area contributed by atoms with E-state index in [0.29, 0.717) is 64.9 Å². The molecule has 2 aromatic carbocycles. The molecule has 4 unspecified atom stereocenters. The molecule has 0 spiro atoms. The summed E-state index contributed by atoms with van der Waals surface area (Å²) in [6.45, 7) is 8.88. The van der Waals surface area contributed by atoms with Crippen LogP contribution in [0.15, 0.2) is 12.1 Å². The van der Waals surface area contributed by atoms with Crippen LogP contribution in [0.1, 0.15) is 86.4 Å². The Morgan fingerprint density at radius 1 is 1.06 bits per heavy atom. The fourth-order valence-corrected chi connectivity index (χ4v) is 7.66. The fourth-order valence-electron chi connectivity index (χ4n) is 7.50. The Morgan fingerprint density at radius 3 is 2.35 bits per heavy atom. The molecule has 1 saturated heterocycles. The Labute approximate surface area is 330 Å². The van der Waals surface area contributed by atoms with Crippen molar-refractivity contribution >= 4 is 53.2 Å². The van der Waals surface area contributed by atoms with E-state index in [-0.39, 0.29) is 19.8 Å². The summed E-state index contributed by atoms with van der Waals surface area (Å²) in [4.78, 5) is 43.4. The number of unbranched alkanes of at least 4 members (excludes halogenated alkanes) is 2.